The summed E-state index contributed by atoms with van der Waals surface area (Å²) in [4.78, 5) is 1.30. The lowest BCUT2D eigenvalue weighted by molar-refractivity contribution is 1.60. The van der Waals surface area contributed by atoms with Crippen molar-refractivity contribution in [1.29, 1.82) is 0 Å². The molecule has 0 spiro atoms. The van der Waals surface area contributed by atoms with Crippen molar-refractivity contribution in [3.8, 4) is 0 Å². The predicted molar refractivity (Wildman–Crippen MR) is 84.2 cm³/mol. The average molecular weight is 262 g/mol. The number of hydrogen-bond donors (Lipinski definition) is 0. The van der Waals surface area contributed by atoms with Crippen molar-refractivity contribution in [3.05, 3.63) is 94.2 Å². The highest BCUT2D eigenvalue weighted by molar-refractivity contribution is 7.11. The van der Waals surface area contributed by atoms with E-state index in [4.69, 9.17) is 0 Å². The van der Waals surface area contributed by atoms with Crippen molar-refractivity contribution >= 4 is 23.0 Å². The molecule has 0 saturated carbocycles. The minimum atomic E-state index is 1.23. The molecule has 0 bridgehead atoms. The Balaban J connectivity index is 2.10. The molecule has 92 valence electrons. The molecular formula is C18H14S. The van der Waals surface area contributed by atoms with Gasteiger partial charge in [-0.2, -0.15) is 0 Å². The molecule has 0 amide bonds. The molecule has 0 unspecified atom stereocenters. The van der Waals surface area contributed by atoms with Crippen LogP contribution in [0.25, 0.3) is 11.6 Å². The first-order valence-corrected chi connectivity index (χ1v) is 7.17. The van der Waals surface area contributed by atoms with Crippen LogP contribution in [0.3, 0.4) is 0 Å². The minimum absolute atomic E-state index is 1.23. The Morgan fingerprint density at radius 1 is 0.737 bits per heavy atom. The first kappa shape index (κ1) is 11.9. The van der Waals surface area contributed by atoms with Gasteiger partial charge in [-0.3, -0.25) is 0 Å². The molecule has 2 aromatic carbocycles. The van der Waals surface area contributed by atoms with E-state index >= 15 is 0 Å². The van der Waals surface area contributed by atoms with Gasteiger partial charge < -0.3 is 0 Å². The lowest BCUT2D eigenvalue weighted by Crippen LogP contribution is -1.84. The van der Waals surface area contributed by atoms with E-state index in [0.717, 1.165) is 0 Å². The van der Waals surface area contributed by atoms with E-state index in [2.05, 4.69) is 78.2 Å². The third kappa shape index (κ3) is 2.83. The maximum atomic E-state index is 2.25. The van der Waals surface area contributed by atoms with Crippen LogP contribution in [-0.4, -0.2) is 0 Å². The van der Waals surface area contributed by atoms with Crippen LogP contribution in [0.4, 0.5) is 0 Å². The third-order valence-electron chi connectivity index (χ3n) is 2.98. The molecule has 19 heavy (non-hydrogen) atoms. The van der Waals surface area contributed by atoms with E-state index in [1.54, 1.807) is 11.3 Å². The molecule has 0 aliphatic carbocycles. The van der Waals surface area contributed by atoms with Crippen LogP contribution in [0.2, 0.25) is 0 Å². The molecule has 0 saturated heterocycles. The third-order valence-corrected chi connectivity index (χ3v) is 3.89. The topological polar surface area (TPSA) is 0 Å². The lowest BCUT2D eigenvalue weighted by Gasteiger charge is -2.06. The van der Waals surface area contributed by atoms with Crippen molar-refractivity contribution in [1.82, 2.24) is 0 Å². The van der Waals surface area contributed by atoms with Gasteiger partial charge in [0.15, 0.2) is 0 Å². The van der Waals surface area contributed by atoms with Crippen LogP contribution in [-0.2, 0) is 0 Å². The van der Waals surface area contributed by atoms with Gasteiger partial charge in [0.25, 0.3) is 0 Å². The van der Waals surface area contributed by atoms with E-state index in [-0.39, 0.29) is 0 Å². The van der Waals surface area contributed by atoms with E-state index in [1.165, 1.54) is 21.6 Å². The Morgan fingerprint density at radius 3 is 2.05 bits per heavy atom. The number of benzene rings is 2. The van der Waals surface area contributed by atoms with Gasteiger partial charge in [-0.1, -0.05) is 66.7 Å². The van der Waals surface area contributed by atoms with Crippen molar-refractivity contribution in [3.63, 3.8) is 0 Å². The zero-order valence-corrected chi connectivity index (χ0v) is 11.3. The number of thiophene rings is 1. The van der Waals surface area contributed by atoms with Gasteiger partial charge in [-0.15, -0.1) is 11.3 Å². The van der Waals surface area contributed by atoms with Crippen LogP contribution in [0, 0.1) is 0 Å². The van der Waals surface area contributed by atoms with Gasteiger partial charge in [0, 0.05) is 4.88 Å². The fourth-order valence-electron chi connectivity index (χ4n) is 2.06. The fourth-order valence-corrected chi connectivity index (χ4v) is 2.83. The van der Waals surface area contributed by atoms with E-state index in [9.17, 15) is 0 Å². The molecular weight excluding hydrogens is 248 g/mol. The van der Waals surface area contributed by atoms with Gasteiger partial charge >= 0.3 is 0 Å². The summed E-state index contributed by atoms with van der Waals surface area (Å²) in [5.41, 5.74) is 3.77. The fraction of sp³-hybridized carbons (Fsp3) is 0. The van der Waals surface area contributed by atoms with E-state index in [1.807, 2.05) is 6.07 Å². The highest BCUT2D eigenvalue weighted by Crippen LogP contribution is 2.29. The highest BCUT2D eigenvalue weighted by Gasteiger charge is 2.05. The summed E-state index contributed by atoms with van der Waals surface area (Å²) >= 11 is 1.78. The zero-order chi connectivity index (χ0) is 12.9. The smallest absolute Gasteiger partial charge is 0.0348 e. The Kier molecular flexibility index (Phi) is 3.57. The molecule has 0 atom stereocenters. The summed E-state index contributed by atoms with van der Waals surface area (Å²) in [7, 11) is 0. The summed E-state index contributed by atoms with van der Waals surface area (Å²) in [6.45, 7) is 0. The van der Waals surface area contributed by atoms with Crippen LogP contribution in [0.15, 0.2) is 78.2 Å². The zero-order valence-electron chi connectivity index (χ0n) is 10.5. The van der Waals surface area contributed by atoms with Crippen molar-refractivity contribution < 1.29 is 0 Å². The average Bonchev–Trinajstić information content (AvgIpc) is 3.01. The first-order valence-electron chi connectivity index (χ1n) is 6.29. The first-order chi connectivity index (χ1) is 9.43. The second-order valence-corrected chi connectivity index (χ2v) is 5.26. The van der Waals surface area contributed by atoms with Crippen molar-refractivity contribution in [2.45, 2.75) is 0 Å². The maximum Gasteiger partial charge on any atom is 0.0348 e. The molecule has 0 fully saturated rings. The molecule has 0 aliphatic rings. The van der Waals surface area contributed by atoms with Crippen molar-refractivity contribution in [2.75, 3.05) is 0 Å². The summed E-state index contributed by atoms with van der Waals surface area (Å²) in [6, 6.07) is 25.3. The Morgan fingerprint density at radius 2 is 1.42 bits per heavy atom. The number of rotatable bonds is 3. The molecule has 1 heterocycles. The van der Waals surface area contributed by atoms with Gasteiger partial charge in [-0.05, 0) is 34.2 Å². The summed E-state index contributed by atoms with van der Waals surface area (Å²) < 4.78 is 0. The van der Waals surface area contributed by atoms with Crippen LogP contribution in [0.1, 0.15) is 16.0 Å². The van der Waals surface area contributed by atoms with Crippen molar-refractivity contribution in [2.24, 2.45) is 0 Å². The molecule has 3 aromatic rings. The van der Waals surface area contributed by atoms with Gasteiger partial charge in [0.05, 0.1) is 0 Å². The summed E-state index contributed by atoms with van der Waals surface area (Å²) in [5, 5.41) is 2.12. The molecule has 1 aromatic heterocycles. The van der Waals surface area contributed by atoms with Gasteiger partial charge in [0.2, 0.25) is 0 Å². The predicted octanol–water partition coefficient (Wildman–Crippen LogP) is 5.34. The van der Waals surface area contributed by atoms with Crippen LogP contribution >= 0.6 is 11.3 Å². The highest BCUT2D eigenvalue weighted by atomic mass is 32.1. The normalized spacial score (nSPS) is 11.5. The summed E-state index contributed by atoms with van der Waals surface area (Å²) in [6.07, 6.45) is 2.25. The molecule has 0 radical (unpaired) electrons. The standard InChI is InChI=1S/C18H14S/c1-3-8-15(9-4-1)14-17(18-12-7-13-19-18)16-10-5-2-6-11-16/h1-14H. The number of hydrogen-bond acceptors (Lipinski definition) is 1. The van der Waals surface area contributed by atoms with Gasteiger partial charge in [0.1, 0.15) is 0 Å². The van der Waals surface area contributed by atoms with E-state index < -0.39 is 0 Å². The molecule has 1 heteroatoms. The van der Waals surface area contributed by atoms with Gasteiger partial charge in [-0.25, -0.2) is 0 Å². The maximum absolute atomic E-state index is 2.25. The second kappa shape index (κ2) is 5.68. The van der Waals surface area contributed by atoms with E-state index in [0.29, 0.717) is 0 Å². The molecule has 3 rings (SSSR count). The Hall–Kier alpha value is -2.12. The summed E-state index contributed by atoms with van der Waals surface area (Å²) in [5.74, 6) is 0. The SMILES string of the molecule is C(=C(c1ccccc1)c1cccs1)c1ccccc1. The largest absolute Gasteiger partial charge is 0.144 e. The second-order valence-electron chi connectivity index (χ2n) is 4.31. The molecule has 0 N–H and O–H groups in total. The Bertz CT molecular complexity index is 649. The monoisotopic (exact) mass is 262 g/mol. The van der Waals surface area contributed by atoms with Crippen LogP contribution < -0.4 is 0 Å². The Labute approximate surface area is 117 Å². The quantitative estimate of drug-likeness (QED) is 0.559. The lowest BCUT2D eigenvalue weighted by atomic mass is 10.0. The minimum Gasteiger partial charge on any atom is -0.144 e. The molecule has 0 nitrogen and oxygen atoms in total. The molecule has 0 aliphatic heterocycles. The van der Waals surface area contributed by atoms with Crippen LogP contribution in [0.5, 0.6) is 0 Å².